The maximum absolute atomic E-state index is 12.4. The number of guanidine groups is 1. The van der Waals surface area contributed by atoms with Crippen molar-refractivity contribution in [2.45, 2.75) is 39.0 Å². The minimum Gasteiger partial charge on any atom is -0.354 e. The van der Waals surface area contributed by atoms with Gasteiger partial charge in [-0.05, 0) is 13.3 Å². The topological polar surface area (TPSA) is 49.3 Å². The van der Waals surface area contributed by atoms with Gasteiger partial charge in [-0.15, -0.1) is 35.3 Å². The van der Waals surface area contributed by atoms with Crippen molar-refractivity contribution < 1.29 is 13.2 Å². The summed E-state index contributed by atoms with van der Waals surface area (Å²) in [5.41, 5.74) is -0.848. The van der Waals surface area contributed by atoms with E-state index in [4.69, 9.17) is 0 Å². The van der Waals surface area contributed by atoms with Gasteiger partial charge in [-0.2, -0.15) is 13.2 Å². The molecule has 2 N–H and O–H groups in total. The van der Waals surface area contributed by atoms with Crippen LogP contribution in [0.5, 0.6) is 0 Å². The van der Waals surface area contributed by atoms with E-state index in [0.717, 1.165) is 23.1 Å². The van der Waals surface area contributed by atoms with Crippen LogP contribution in [0.15, 0.2) is 10.4 Å². The number of hydrogen-bond donors (Lipinski definition) is 2. The van der Waals surface area contributed by atoms with Crippen molar-refractivity contribution in [1.82, 2.24) is 15.6 Å². The Labute approximate surface area is 137 Å². The predicted molar refractivity (Wildman–Crippen MR) is 85.6 cm³/mol. The van der Waals surface area contributed by atoms with Crippen LogP contribution in [-0.2, 0) is 12.7 Å². The van der Waals surface area contributed by atoms with Crippen molar-refractivity contribution in [3.63, 3.8) is 0 Å². The molecule has 0 spiro atoms. The molecule has 1 aromatic rings. The molecular formula is C11H18F3IN4S. The number of hydrogen-bond acceptors (Lipinski definition) is 3. The third kappa shape index (κ3) is 6.25. The number of thiazole rings is 1. The van der Waals surface area contributed by atoms with Gasteiger partial charge in [-0.3, -0.25) is 4.99 Å². The van der Waals surface area contributed by atoms with E-state index in [2.05, 4.69) is 20.6 Å². The Kier molecular flexibility index (Phi) is 8.40. The van der Waals surface area contributed by atoms with Gasteiger partial charge in [0.15, 0.2) is 11.7 Å². The Morgan fingerprint density at radius 1 is 1.50 bits per heavy atom. The van der Waals surface area contributed by atoms with Crippen LogP contribution < -0.4 is 10.6 Å². The van der Waals surface area contributed by atoms with E-state index in [0.29, 0.717) is 11.0 Å². The van der Waals surface area contributed by atoms with Crippen molar-refractivity contribution in [1.29, 1.82) is 0 Å². The molecule has 0 saturated carbocycles. The molecule has 0 aliphatic heterocycles. The predicted octanol–water partition coefficient (Wildman–Crippen LogP) is 3.24. The lowest BCUT2D eigenvalue weighted by Crippen LogP contribution is -2.41. The van der Waals surface area contributed by atoms with Gasteiger partial charge >= 0.3 is 6.18 Å². The third-order valence-corrected chi connectivity index (χ3v) is 3.32. The maximum Gasteiger partial charge on any atom is 0.434 e. The molecule has 1 atom stereocenters. The number of nitrogens with one attached hydrogen (secondary N) is 2. The van der Waals surface area contributed by atoms with Crippen LogP contribution in [0.2, 0.25) is 0 Å². The molecule has 116 valence electrons. The first-order valence-electron chi connectivity index (χ1n) is 5.85. The number of aromatic nitrogens is 1. The van der Waals surface area contributed by atoms with Gasteiger partial charge in [0.1, 0.15) is 5.01 Å². The fourth-order valence-corrected chi connectivity index (χ4v) is 1.95. The molecule has 0 aliphatic rings. The summed E-state index contributed by atoms with van der Waals surface area (Å²) >= 11 is 0.977. The fourth-order valence-electron chi connectivity index (χ4n) is 1.21. The van der Waals surface area contributed by atoms with Crippen LogP contribution >= 0.6 is 35.3 Å². The van der Waals surface area contributed by atoms with Gasteiger partial charge in [0.25, 0.3) is 0 Å². The minimum atomic E-state index is -4.38. The summed E-state index contributed by atoms with van der Waals surface area (Å²) in [4.78, 5) is 7.53. The van der Waals surface area contributed by atoms with Gasteiger partial charge in [0, 0.05) is 18.5 Å². The second kappa shape index (κ2) is 8.65. The molecule has 0 aromatic carbocycles. The van der Waals surface area contributed by atoms with Crippen LogP contribution in [0.4, 0.5) is 13.2 Å². The number of halogens is 4. The number of alkyl halides is 3. The first kappa shape index (κ1) is 19.4. The number of aliphatic imine (C=N–C) groups is 1. The molecule has 4 nitrogen and oxygen atoms in total. The summed E-state index contributed by atoms with van der Waals surface area (Å²) in [6, 6.07) is 0.244. The average Bonchev–Trinajstić information content (AvgIpc) is 2.82. The van der Waals surface area contributed by atoms with E-state index in [-0.39, 0.29) is 36.6 Å². The fraction of sp³-hybridized carbons (Fsp3) is 0.636. The summed E-state index contributed by atoms with van der Waals surface area (Å²) in [7, 11) is 1.61. The highest BCUT2D eigenvalue weighted by molar-refractivity contribution is 14.0. The van der Waals surface area contributed by atoms with Crippen LogP contribution in [-0.4, -0.2) is 24.0 Å². The van der Waals surface area contributed by atoms with E-state index < -0.39 is 11.9 Å². The van der Waals surface area contributed by atoms with Gasteiger partial charge in [-0.25, -0.2) is 4.98 Å². The van der Waals surface area contributed by atoms with E-state index in [1.54, 1.807) is 7.05 Å². The van der Waals surface area contributed by atoms with Gasteiger partial charge in [-0.1, -0.05) is 6.92 Å². The SMILES string of the molecule is CCC(C)NC(=NC)NCc1nc(C(F)(F)F)cs1.I. The lowest BCUT2D eigenvalue weighted by atomic mass is 10.3. The summed E-state index contributed by atoms with van der Waals surface area (Å²) in [5.74, 6) is 0.554. The summed E-state index contributed by atoms with van der Waals surface area (Å²) < 4.78 is 37.1. The highest BCUT2D eigenvalue weighted by Gasteiger charge is 2.33. The second-order valence-corrected chi connectivity index (χ2v) is 4.95. The van der Waals surface area contributed by atoms with Crippen molar-refractivity contribution in [2.75, 3.05) is 7.05 Å². The molecule has 1 rings (SSSR count). The van der Waals surface area contributed by atoms with Crippen LogP contribution in [0.3, 0.4) is 0 Å². The molecule has 1 heterocycles. The molecule has 0 radical (unpaired) electrons. The molecule has 20 heavy (non-hydrogen) atoms. The molecule has 9 heteroatoms. The smallest absolute Gasteiger partial charge is 0.354 e. The Bertz CT molecular complexity index is 434. The minimum absolute atomic E-state index is 0. The molecule has 1 aromatic heterocycles. The lowest BCUT2D eigenvalue weighted by Gasteiger charge is -2.15. The summed E-state index contributed by atoms with van der Waals surface area (Å²) in [6.45, 7) is 4.25. The molecule has 1 unspecified atom stereocenters. The molecule has 0 amide bonds. The van der Waals surface area contributed by atoms with Gasteiger partial charge in [0.2, 0.25) is 0 Å². The van der Waals surface area contributed by atoms with Crippen LogP contribution in [0, 0.1) is 0 Å². The quantitative estimate of drug-likeness (QED) is 0.445. The molecular weight excluding hydrogens is 404 g/mol. The number of nitrogens with zero attached hydrogens (tertiary/aromatic N) is 2. The molecule has 0 fully saturated rings. The highest BCUT2D eigenvalue weighted by atomic mass is 127. The Balaban J connectivity index is 0.00000361. The summed E-state index contributed by atoms with van der Waals surface area (Å²) in [6.07, 6.45) is -3.46. The van der Waals surface area contributed by atoms with E-state index in [1.807, 2.05) is 13.8 Å². The largest absolute Gasteiger partial charge is 0.434 e. The third-order valence-electron chi connectivity index (χ3n) is 2.47. The van der Waals surface area contributed by atoms with E-state index >= 15 is 0 Å². The zero-order valence-electron chi connectivity index (χ0n) is 11.4. The van der Waals surface area contributed by atoms with Crippen molar-refractivity contribution >= 4 is 41.3 Å². The summed E-state index contributed by atoms with van der Waals surface area (Å²) in [5, 5.41) is 7.44. The molecule has 0 bridgehead atoms. The number of rotatable bonds is 4. The Morgan fingerprint density at radius 3 is 2.60 bits per heavy atom. The first-order valence-corrected chi connectivity index (χ1v) is 6.73. The zero-order valence-corrected chi connectivity index (χ0v) is 14.6. The van der Waals surface area contributed by atoms with Crippen LogP contribution in [0.25, 0.3) is 0 Å². The maximum atomic E-state index is 12.4. The standard InChI is InChI=1S/C11H17F3N4S.HI/c1-4-7(2)17-10(15-3)16-5-9-18-8(6-19-9)11(12,13)14;/h6-7H,4-5H2,1-3H3,(H2,15,16,17);1H. The van der Waals surface area contributed by atoms with Crippen LogP contribution in [0.1, 0.15) is 31.0 Å². The van der Waals surface area contributed by atoms with Crippen molar-refractivity contribution in [3.8, 4) is 0 Å². The Morgan fingerprint density at radius 2 is 2.15 bits per heavy atom. The molecule has 0 aliphatic carbocycles. The zero-order chi connectivity index (χ0) is 14.5. The van der Waals surface area contributed by atoms with Gasteiger partial charge in [0.05, 0.1) is 6.54 Å². The normalized spacial score (nSPS) is 13.6. The monoisotopic (exact) mass is 422 g/mol. The van der Waals surface area contributed by atoms with Crippen molar-refractivity contribution in [2.24, 2.45) is 4.99 Å². The van der Waals surface area contributed by atoms with E-state index in [9.17, 15) is 13.2 Å². The second-order valence-electron chi connectivity index (χ2n) is 4.00. The lowest BCUT2D eigenvalue weighted by molar-refractivity contribution is -0.140. The highest BCUT2D eigenvalue weighted by Crippen LogP contribution is 2.29. The molecule has 0 saturated heterocycles. The Hall–Kier alpha value is -0.580. The van der Waals surface area contributed by atoms with Gasteiger partial charge < -0.3 is 10.6 Å². The first-order chi connectivity index (χ1) is 8.86. The van der Waals surface area contributed by atoms with Crippen molar-refractivity contribution in [3.05, 3.63) is 16.1 Å². The average molecular weight is 422 g/mol. The van der Waals surface area contributed by atoms with E-state index in [1.165, 1.54) is 0 Å².